The van der Waals surface area contributed by atoms with E-state index in [1.165, 1.54) is 6.08 Å². The number of nitrogens with zero attached hydrogens (tertiary/aromatic N) is 2. The first-order valence-corrected chi connectivity index (χ1v) is 12.4. The van der Waals surface area contributed by atoms with Gasteiger partial charge in [0.1, 0.15) is 11.5 Å². The number of rotatable bonds is 10. The molecule has 184 valence electrons. The second-order valence-corrected chi connectivity index (χ2v) is 9.26. The molecule has 36 heavy (non-hydrogen) atoms. The summed E-state index contributed by atoms with van der Waals surface area (Å²) in [6.07, 6.45) is 1.53. The molecule has 1 heterocycles. The highest BCUT2D eigenvalue weighted by molar-refractivity contribution is 8.04. The number of nitrogens with one attached hydrogen (secondary N) is 1. The molecule has 0 saturated carbocycles. The van der Waals surface area contributed by atoms with Crippen molar-refractivity contribution in [3.8, 4) is 22.9 Å². The summed E-state index contributed by atoms with van der Waals surface area (Å²) < 4.78 is 11.7. The van der Waals surface area contributed by atoms with E-state index in [4.69, 9.17) is 32.7 Å². The molecule has 0 bridgehead atoms. The number of aromatic nitrogens is 3. The van der Waals surface area contributed by atoms with Crippen molar-refractivity contribution in [3.63, 3.8) is 0 Å². The number of aliphatic carboxylic acids is 1. The van der Waals surface area contributed by atoms with Crippen molar-refractivity contribution in [2.75, 3.05) is 6.61 Å². The quantitative estimate of drug-likeness (QED) is 0.165. The first kappa shape index (κ1) is 25.6. The fourth-order valence-corrected chi connectivity index (χ4v) is 4.21. The number of hydrogen-bond acceptors (Lipinski definition) is 6. The van der Waals surface area contributed by atoms with Crippen molar-refractivity contribution in [2.45, 2.75) is 18.7 Å². The van der Waals surface area contributed by atoms with Gasteiger partial charge >= 0.3 is 5.97 Å². The first-order valence-electron chi connectivity index (χ1n) is 10.9. The predicted molar refractivity (Wildman–Crippen MR) is 142 cm³/mol. The zero-order valence-electron chi connectivity index (χ0n) is 19.1. The Kier molecular flexibility index (Phi) is 8.53. The van der Waals surface area contributed by atoms with Gasteiger partial charge in [0.2, 0.25) is 5.16 Å². The van der Waals surface area contributed by atoms with Gasteiger partial charge in [-0.2, -0.15) is 0 Å². The van der Waals surface area contributed by atoms with Gasteiger partial charge in [-0.15, -0.1) is 5.10 Å². The van der Waals surface area contributed by atoms with E-state index in [-0.39, 0.29) is 16.7 Å². The molecule has 0 radical (unpaired) electrons. The molecule has 0 aliphatic carbocycles. The van der Waals surface area contributed by atoms with Gasteiger partial charge in [0.25, 0.3) is 0 Å². The average molecular weight is 542 g/mol. The minimum atomic E-state index is -1.10. The van der Waals surface area contributed by atoms with Crippen LogP contribution in [-0.2, 0) is 11.4 Å². The molecule has 0 saturated heterocycles. The standard InChI is InChI=1S/C26H21Cl2N3O4S/c1-2-34-22-13-16(7-12-21(22)35-15-18-5-3-4-6-20(18)28)14-23(25(32)33)36-26-29-24(30-31-26)17-8-10-19(27)11-9-17/h3-14H,2,15H2,1H3,(H,32,33)(H,29,30,31)/b23-14-. The maximum absolute atomic E-state index is 12.0. The van der Waals surface area contributed by atoms with Gasteiger partial charge in [0.15, 0.2) is 17.3 Å². The summed E-state index contributed by atoms with van der Waals surface area (Å²) in [4.78, 5) is 16.4. The Morgan fingerprint density at radius 1 is 1.06 bits per heavy atom. The highest BCUT2D eigenvalue weighted by Crippen LogP contribution is 2.33. The van der Waals surface area contributed by atoms with E-state index >= 15 is 0 Å². The van der Waals surface area contributed by atoms with Crippen molar-refractivity contribution in [3.05, 3.63) is 92.8 Å². The number of carboxylic acid groups (broad SMARTS) is 1. The number of carboxylic acids is 1. The number of aromatic amines is 1. The number of hydrogen-bond donors (Lipinski definition) is 2. The second-order valence-electron chi connectivity index (χ2n) is 7.41. The van der Waals surface area contributed by atoms with Crippen LogP contribution >= 0.6 is 35.0 Å². The third-order valence-electron chi connectivity index (χ3n) is 4.90. The highest BCUT2D eigenvalue weighted by Gasteiger charge is 2.15. The van der Waals surface area contributed by atoms with Crippen molar-refractivity contribution >= 4 is 47.0 Å². The summed E-state index contributed by atoms with van der Waals surface area (Å²) in [5.41, 5.74) is 2.26. The van der Waals surface area contributed by atoms with E-state index in [1.54, 1.807) is 48.5 Å². The van der Waals surface area contributed by atoms with Crippen LogP contribution in [0.3, 0.4) is 0 Å². The van der Waals surface area contributed by atoms with Crippen molar-refractivity contribution < 1.29 is 19.4 Å². The van der Waals surface area contributed by atoms with Gasteiger partial charge in [0, 0.05) is 21.2 Å². The monoisotopic (exact) mass is 541 g/mol. The summed E-state index contributed by atoms with van der Waals surface area (Å²) >= 11 is 13.1. The Morgan fingerprint density at radius 3 is 2.56 bits per heavy atom. The lowest BCUT2D eigenvalue weighted by Crippen LogP contribution is -2.01. The van der Waals surface area contributed by atoms with Gasteiger partial charge in [-0.1, -0.05) is 47.5 Å². The summed E-state index contributed by atoms with van der Waals surface area (Å²) in [5, 5.41) is 18.2. The summed E-state index contributed by atoms with van der Waals surface area (Å²) in [6, 6.07) is 19.7. The second kappa shape index (κ2) is 12.0. The normalized spacial score (nSPS) is 11.4. The fraction of sp³-hybridized carbons (Fsp3) is 0.115. The first-order chi connectivity index (χ1) is 17.4. The number of ether oxygens (including phenoxy) is 2. The number of halogens is 2. The third-order valence-corrected chi connectivity index (χ3v) is 6.40. The number of thioether (sulfide) groups is 1. The molecule has 7 nitrogen and oxygen atoms in total. The van der Waals surface area contributed by atoms with E-state index in [0.717, 1.165) is 22.9 Å². The molecule has 0 spiro atoms. The molecule has 0 aliphatic rings. The highest BCUT2D eigenvalue weighted by atomic mass is 35.5. The average Bonchev–Trinajstić information content (AvgIpc) is 3.33. The Bertz CT molecular complexity index is 1390. The van der Waals surface area contributed by atoms with Crippen LogP contribution < -0.4 is 9.47 Å². The molecule has 0 unspecified atom stereocenters. The smallest absolute Gasteiger partial charge is 0.342 e. The lowest BCUT2D eigenvalue weighted by atomic mass is 10.2. The molecule has 4 rings (SSSR count). The topological polar surface area (TPSA) is 97.3 Å². The minimum Gasteiger partial charge on any atom is -0.490 e. The van der Waals surface area contributed by atoms with E-state index in [2.05, 4.69) is 15.2 Å². The maximum atomic E-state index is 12.0. The van der Waals surface area contributed by atoms with Gasteiger partial charge in [-0.3, -0.25) is 5.10 Å². The lowest BCUT2D eigenvalue weighted by molar-refractivity contribution is -0.131. The van der Waals surface area contributed by atoms with Crippen LogP contribution in [0.5, 0.6) is 11.5 Å². The van der Waals surface area contributed by atoms with Crippen LogP contribution in [0.4, 0.5) is 0 Å². The molecule has 1 aromatic heterocycles. The number of benzene rings is 3. The fourth-order valence-electron chi connectivity index (χ4n) is 3.19. The zero-order valence-corrected chi connectivity index (χ0v) is 21.4. The number of carbonyl (C=O) groups is 1. The van der Waals surface area contributed by atoms with Crippen molar-refractivity contribution in [2.24, 2.45) is 0 Å². The molecule has 10 heteroatoms. The summed E-state index contributed by atoms with van der Waals surface area (Å²) in [7, 11) is 0. The lowest BCUT2D eigenvalue weighted by Gasteiger charge is -2.13. The Morgan fingerprint density at radius 2 is 1.83 bits per heavy atom. The molecule has 0 amide bonds. The van der Waals surface area contributed by atoms with Crippen LogP contribution in [-0.4, -0.2) is 32.9 Å². The Balaban J connectivity index is 1.53. The van der Waals surface area contributed by atoms with Crippen LogP contribution in [0.1, 0.15) is 18.1 Å². The number of H-pyrrole nitrogens is 1. The largest absolute Gasteiger partial charge is 0.490 e. The van der Waals surface area contributed by atoms with E-state index in [1.807, 2.05) is 25.1 Å². The molecule has 0 fully saturated rings. The Labute approximate surface area is 222 Å². The molecule has 0 aliphatic heterocycles. The summed E-state index contributed by atoms with van der Waals surface area (Å²) in [5.74, 6) is 0.434. The van der Waals surface area contributed by atoms with Crippen molar-refractivity contribution in [1.29, 1.82) is 0 Å². The van der Waals surface area contributed by atoms with Crippen molar-refractivity contribution in [1.82, 2.24) is 15.2 Å². The summed E-state index contributed by atoms with van der Waals surface area (Å²) in [6.45, 7) is 2.55. The molecule has 2 N–H and O–H groups in total. The van der Waals surface area contributed by atoms with E-state index in [0.29, 0.717) is 39.5 Å². The van der Waals surface area contributed by atoms with E-state index < -0.39 is 5.97 Å². The molecule has 0 atom stereocenters. The van der Waals surface area contributed by atoms with Gasteiger partial charge in [-0.25, -0.2) is 9.78 Å². The van der Waals surface area contributed by atoms with Crippen LogP contribution in [0.15, 0.2) is 76.8 Å². The molecular weight excluding hydrogens is 521 g/mol. The SMILES string of the molecule is CCOc1cc(/C=C(\Sc2n[nH]c(-c3ccc(Cl)cc3)n2)C(=O)O)ccc1OCc1ccccc1Cl. The molecule has 4 aromatic rings. The molecule has 3 aromatic carbocycles. The predicted octanol–water partition coefficient (Wildman–Crippen LogP) is 6.97. The van der Waals surface area contributed by atoms with Gasteiger partial charge in [0.05, 0.1) is 6.61 Å². The molecular formula is C26H21Cl2N3O4S. The van der Waals surface area contributed by atoms with E-state index in [9.17, 15) is 9.90 Å². The minimum absolute atomic E-state index is 0.0452. The van der Waals surface area contributed by atoms with Crippen LogP contribution in [0.25, 0.3) is 17.5 Å². The third kappa shape index (κ3) is 6.60. The van der Waals surface area contributed by atoms with Crippen LogP contribution in [0, 0.1) is 0 Å². The maximum Gasteiger partial charge on any atom is 0.342 e. The Hall–Kier alpha value is -3.46. The van der Waals surface area contributed by atoms with Gasteiger partial charge in [-0.05, 0) is 72.8 Å². The van der Waals surface area contributed by atoms with Gasteiger partial charge < -0.3 is 14.6 Å². The van der Waals surface area contributed by atoms with Crippen LogP contribution in [0.2, 0.25) is 10.0 Å². The zero-order chi connectivity index (χ0) is 25.5.